The normalized spacial score (nSPS) is 14.1. The number of nitrogens with one attached hydrogen (secondary N) is 1. The molecule has 122 valence electrons. The fourth-order valence-electron chi connectivity index (χ4n) is 2.43. The van der Waals surface area contributed by atoms with Gasteiger partial charge in [-0.25, -0.2) is 8.42 Å². The zero-order valence-corrected chi connectivity index (χ0v) is 13.7. The van der Waals surface area contributed by atoms with Crippen LogP contribution < -0.4 is 14.4 Å². The number of ether oxygens (including phenoxy) is 1. The molecule has 2 N–H and O–H groups in total. The highest BCUT2D eigenvalue weighted by atomic mass is 32.2. The summed E-state index contributed by atoms with van der Waals surface area (Å²) in [6, 6.07) is 9.48. The molecule has 0 aliphatic carbocycles. The summed E-state index contributed by atoms with van der Waals surface area (Å²) in [6.07, 6.45) is 0. The Hall–Kier alpha value is -2.41. The second-order valence-corrected chi connectivity index (χ2v) is 7.21. The fourth-order valence-corrected chi connectivity index (χ4v) is 3.52. The minimum atomic E-state index is -3.80. The number of rotatable bonds is 3. The van der Waals surface area contributed by atoms with E-state index in [2.05, 4.69) is 4.72 Å². The second-order valence-electron chi connectivity index (χ2n) is 5.53. The van der Waals surface area contributed by atoms with Crippen LogP contribution in [0.3, 0.4) is 0 Å². The maximum atomic E-state index is 12.5. The Morgan fingerprint density at radius 2 is 2.00 bits per heavy atom. The van der Waals surface area contributed by atoms with E-state index >= 15 is 0 Å². The van der Waals surface area contributed by atoms with Gasteiger partial charge in [0.2, 0.25) is 0 Å². The molecule has 0 unspecified atom stereocenters. The quantitative estimate of drug-likeness (QED) is 0.842. The summed E-state index contributed by atoms with van der Waals surface area (Å²) in [6.45, 7) is 3.09. The van der Waals surface area contributed by atoms with Gasteiger partial charge in [-0.2, -0.15) is 0 Å². The number of nitrogens with zero attached hydrogens (tertiary/aromatic N) is 1. The van der Waals surface area contributed by atoms with Gasteiger partial charge >= 0.3 is 0 Å². The van der Waals surface area contributed by atoms with E-state index in [0.717, 1.165) is 11.3 Å². The number of likely N-dealkylation sites (N-methyl/N-ethyl adjacent to an activating group) is 1. The van der Waals surface area contributed by atoms with Gasteiger partial charge in [-0.05, 0) is 42.8 Å². The van der Waals surface area contributed by atoms with Crippen molar-refractivity contribution < 1.29 is 18.3 Å². The number of anilines is 2. The predicted molar refractivity (Wildman–Crippen MR) is 88.9 cm³/mol. The summed E-state index contributed by atoms with van der Waals surface area (Å²) in [4.78, 5) is 2.06. The van der Waals surface area contributed by atoms with E-state index in [-0.39, 0.29) is 16.3 Å². The van der Waals surface area contributed by atoms with E-state index in [1.165, 1.54) is 18.2 Å². The third kappa shape index (κ3) is 3.05. The zero-order valence-electron chi connectivity index (χ0n) is 12.9. The molecule has 2 aromatic carbocycles. The van der Waals surface area contributed by atoms with E-state index in [4.69, 9.17) is 4.74 Å². The molecule has 0 atom stereocenters. The minimum Gasteiger partial charge on any atom is -0.506 e. The van der Waals surface area contributed by atoms with E-state index < -0.39 is 10.0 Å². The van der Waals surface area contributed by atoms with Crippen molar-refractivity contribution in [2.75, 3.05) is 29.8 Å². The van der Waals surface area contributed by atoms with Gasteiger partial charge in [0.25, 0.3) is 10.0 Å². The standard InChI is InChI=1S/C16H18N2O4S/c1-11-3-5-13(15(19)9-11)17-23(20,21)12-4-6-16-14(10-12)18(2)7-8-22-16/h3-6,9-10,17,19H,7-8H2,1-2H3. The van der Waals surface area contributed by atoms with Crippen LogP contribution in [-0.2, 0) is 10.0 Å². The molecule has 2 aromatic rings. The molecule has 0 aromatic heterocycles. The highest BCUT2D eigenvalue weighted by Crippen LogP contribution is 2.34. The molecule has 0 bridgehead atoms. The fraction of sp³-hybridized carbons (Fsp3) is 0.250. The molecular weight excluding hydrogens is 316 g/mol. The third-order valence-electron chi connectivity index (χ3n) is 3.73. The van der Waals surface area contributed by atoms with Crippen LogP contribution in [0.1, 0.15) is 5.56 Å². The molecule has 0 radical (unpaired) electrons. The highest BCUT2D eigenvalue weighted by Gasteiger charge is 2.21. The summed E-state index contributed by atoms with van der Waals surface area (Å²) >= 11 is 0. The molecule has 0 saturated carbocycles. The zero-order chi connectivity index (χ0) is 16.6. The Bertz CT molecular complexity index is 849. The summed E-state index contributed by atoms with van der Waals surface area (Å²) in [5.74, 6) is 0.558. The molecular formula is C16H18N2O4S. The number of phenols is 1. The molecule has 6 nitrogen and oxygen atoms in total. The lowest BCUT2D eigenvalue weighted by atomic mass is 10.2. The van der Waals surface area contributed by atoms with Crippen molar-refractivity contribution in [3.05, 3.63) is 42.0 Å². The number of sulfonamides is 1. The second kappa shape index (κ2) is 5.66. The van der Waals surface area contributed by atoms with Crippen LogP contribution in [0.2, 0.25) is 0 Å². The van der Waals surface area contributed by atoms with Crippen molar-refractivity contribution in [1.29, 1.82) is 0 Å². The van der Waals surface area contributed by atoms with Crippen molar-refractivity contribution in [3.63, 3.8) is 0 Å². The van der Waals surface area contributed by atoms with Crippen LogP contribution in [0, 0.1) is 6.92 Å². The molecule has 1 aliphatic heterocycles. The Kier molecular flexibility index (Phi) is 3.81. The average molecular weight is 334 g/mol. The van der Waals surface area contributed by atoms with Crippen LogP contribution >= 0.6 is 0 Å². The van der Waals surface area contributed by atoms with Gasteiger partial charge in [-0.1, -0.05) is 6.07 Å². The van der Waals surface area contributed by atoms with E-state index in [1.807, 2.05) is 18.9 Å². The van der Waals surface area contributed by atoms with Gasteiger partial charge < -0.3 is 14.7 Å². The van der Waals surface area contributed by atoms with Crippen molar-refractivity contribution in [2.24, 2.45) is 0 Å². The van der Waals surface area contributed by atoms with Gasteiger partial charge in [0.05, 0.1) is 22.8 Å². The van der Waals surface area contributed by atoms with Crippen LogP contribution in [-0.4, -0.2) is 33.7 Å². The smallest absolute Gasteiger partial charge is 0.262 e. The van der Waals surface area contributed by atoms with Gasteiger partial charge in [-0.15, -0.1) is 0 Å². The van der Waals surface area contributed by atoms with E-state index in [1.54, 1.807) is 18.2 Å². The van der Waals surface area contributed by atoms with Gasteiger partial charge in [0, 0.05) is 7.05 Å². The lowest BCUT2D eigenvalue weighted by Crippen LogP contribution is -2.29. The third-order valence-corrected chi connectivity index (χ3v) is 5.10. The number of phenolic OH excluding ortho intramolecular Hbond substituents is 1. The van der Waals surface area contributed by atoms with Crippen LogP contribution in [0.25, 0.3) is 0 Å². The highest BCUT2D eigenvalue weighted by molar-refractivity contribution is 7.92. The van der Waals surface area contributed by atoms with E-state index in [0.29, 0.717) is 18.9 Å². The molecule has 0 spiro atoms. The average Bonchev–Trinajstić information content (AvgIpc) is 2.50. The van der Waals surface area contributed by atoms with Gasteiger partial charge in [-0.3, -0.25) is 4.72 Å². The monoisotopic (exact) mass is 334 g/mol. The van der Waals surface area contributed by atoms with Crippen molar-refractivity contribution >= 4 is 21.4 Å². The lowest BCUT2D eigenvalue weighted by molar-refractivity contribution is 0.311. The Balaban J connectivity index is 1.95. The Morgan fingerprint density at radius 3 is 2.74 bits per heavy atom. The van der Waals surface area contributed by atoms with Gasteiger partial charge in [0.1, 0.15) is 18.1 Å². The predicted octanol–water partition coefficient (Wildman–Crippen LogP) is 2.33. The first-order valence-electron chi connectivity index (χ1n) is 7.17. The molecule has 1 heterocycles. The number of hydrogen-bond donors (Lipinski definition) is 2. The molecule has 7 heteroatoms. The number of fused-ring (bicyclic) bond motifs is 1. The first-order valence-corrected chi connectivity index (χ1v) is 8.65. The topological polar surface area (TPSA) is 78.9 Å². The first kappa shape index (κ1) is 15.5. The van der Waals surface area contributed by atoms with Crippen molar-refractivity contribution in [3.8, 4) is 11.5 Å². The van der Waals surface area contributed by atoms with Crippen molar-refractivity contribution in [1.82, 2.24) is 0 Å². The molecule has 0 amide bonds. The molecule has 0 saturated heterocycles. The molecule has 23 heavy (non-hydrogen) atoms. The largest absolute Gasteiger partial charge is 0.506 e. The Morgan fingerprint density at radius 1 is 1.22 bits per heavy atom. The number of aryl methyl sites for hydroxylation is 1. The van der Waals surface area contributed by atoms with Crippen LogP contribution in [0.15, 0.2) is 41.3 Å². The summed E-state index contributed by atoms with van der Waals surface area (Å²) < 4.78 is 33.0. The number of aromatic hydroxyl groups is 1. The minimum absolute atomic E-state index is 0.105. The van der Waals surface area contributed by atoms with Crippen LogP contribution in [0.5, 0.6) is 11.5 Å². The maximum Gasteiger partial charge on any atom is 0.262 e. The van der Waals surface area contributed by atoms with Gasteiger partial charge in [0.15, 0.2) is 0 Å². The number of hydrogen-bond acceptors (Lipinski definition) is 5. The SMILES string of the molecule is Cc1ccc(NS(=O)(=O)c2ccc3c(c2)N(C)CCO3)c(O)c1. The van der Waals surface area contributed by atoms with Crippen LogP contribution in [0.4, 0.5) is 11.4 Å². The first-order chi connectivity index (χ1) is 10.9. The maximum absolute atomic E-state index is 12.5. The Labute approximate surface area is 135 Å². The summed E-state index contributed by atoms with van der Waals surface area (Å²) in [7, 11) is -1.91. The molecule has 0 fully saturated rings. The lowest BCUT2D eigenvalue weighted by Gasteiger charge is -2.28. The molecule has 1 aliphatic rings. The number of benzene rings is 2. The summed E-state index contributed by atoms with van der Waals surface area (Å²) in [5, 5.41) is 9.88. The van der Waals surface area contributed by atoms with E-state index in [9.17, 15) is 13.5 Å². The van der Waals surface area contributed by atoms with Crippen molar-refractivity contribution in [2.45, 2.75) is 11.8 Å². The molecule has 3 rings (SSSR count). The summed E-state index contributed by atoms with van der Waals surface area (Å²) in [5.41, 5.74) is 1.73.